The molecule has 0 unspecified atom stereocenters. The summed E-state index contributed by atoms with van der Waals surface area (Å²) in [7, 11) is 0. The van der Waals surface area contributed by atoms with Crippen molar-refractivity contribution in [3.63, 3.8) is 0 Å². The number of hydrogen-bond acceptors (Lipinski definition) is 63. The number of rotatable bonds is 0. The fourth-order valence-corrected chi connectivity index (χ4v) is 0. The topological polar surface area (TPSA) is 2200 Å². The van der Waals surface area contributed by atoms with E-state index in [4.69, 9.17) is 107 Å². The molecule has 189 N–H and O–H groups in total. The van der Waals surface area contributed by atoms with Gasteiger partial charge in [-0.25, -0.2) is 0 Å². The molecule has 0 aliphatic heterocycles. The molecule has 63 nitrogen and oxygen atoms in total. The summed E-state index contributed by atoms with van der Waals surface area (Å²) in [6.07, 6.45) is 236. The molecule has 0 saturated carbocycles. The summed E-state index contributed by atoms with van der Waals surface area (Å²) < 4.78 is 363. The van der Waals surface area contributed by atoms with Crippen LogP contribution < -0.4 is 387 Å². The standard InChI is InChI=1S/69CH4.2F2.FH.63H3N/c;;;;;;;;;;;;;;;;;;;;;;;;;;;;;;;;;;;;;;;;;;;;;;;;;;;;;;;;;;;;;;;;;;;;;2*1-2;;;;;;;;;;;;;;;;;;;;;;;;;;;;;;;;;;;;;;;;;;;;;;;;;;;;;;;;;;;;;;;;/h69*1H4;;;1H;63*1H3/i/hD63. The molecule has 1092 valence electrons. The van der Waals surface area contributed by atoms with Crippen molar-refractivity contribution in [3.8, 4) is 0 Å². The largest absolute Gasteiger partial charge is 0.344 e. The molecule has 0 aliphatic carbocycles. The summed E-state index contributed by atoms with van der Waals surface area (Å²) in [6.45, 7) is 0. The van der Waals surface area contributed by atoms with Crippen LogP contribution in [0.1, 0.15) is 512 Å². The average molecular weight is 2340 g/mol. The SMILES string of the molecule is C.C.C.C.C.C.C.C.C.C.C.C.C.C.C.C.C.C.C.C.C.C.C.C.C.C.C.C.C.C.C.C.C.C.C.C.C.C.C.C.C.C.C.C.C.C.C.C.C.C.C.C.C.C.C.C.C.C.C.C.C.C.C.C.C.C.C.C.C.F.FF.FF.[2H]N.[2H]N.[2H]N.[2H]N.[2H]N.[2H]N.[2H]N.[2H]N.[2H]N.[2H]N.[2H]N.[2H]N.[2H]N.[2H]N.[2H]N.[2H]N.[2H]N.[2H]N.[2H]N.[2H]N.[2H]N.[2H]N.[2H]N.[2H]N.[2H]N.[2H]N.[2H]N.[2H]N.[2H]N.[2H]N.[2H]N.[2H]N.[2H]N.[2H]N.[2H]N.[2H]N.[2H]N.[2H]N.[2H]N.[2H]N.[2H]N.[2H]N.[2H]N.[2H]N.[2H]N.[2H]N.[2H]N.[2H]N.[2H]N.[2H]N.[2H]N.[2H]N.[2H]N.[2H]N.[2H]N.[2H]N.[2H]N.[2H]N.[2H]N.[2H]N.[2H]N.[2H]N.[2H]N. The highest BCUT2D eigenvalue weighted by atomic mass is 20.0. The van der Waals surface area contributed by atoms with Crippen molar-refractivity contribution in [1.29, 1.82) is 0 Å². The van der Waals surface area contributed by atoms with Crippen LogP contribution in [-0.4, -0.2) is 0 Å². The van der Waals surface area contributed by atoms with Crippen LogP contribution in [0.15, 0.2) is 0 Å². The van der Waals surface area contributed by atoms with Crippen LogP contribution in [0.5, 0.6) is 0 Å². The van der Waals surface area contributed by atoms with Gasteiger partial charge in [-0.2, -0.15) is 0 Å². The molecule has 0 bridgehead atoms. The summed E-state index contributed by atoms with van der Waals surface area (Å²) in [4.78, 5) is 0. The van der Waals surface area contributed by atoms with E-state index in [0.717, 1.165) is 0 Å². The lowest BCUT2D eigenvalue weighted by atomic mass is 12.0. The first-order valence-electron chi connectivity index (χ1n) is 36.7. The molecule has 0 aromatic carbocycles. The van der Waals surface area contributed by atoms with Gasteiger partial charge in [-0.1, -0.05) is 512 Å². The summed E-state index contributed by atoms with van der Waals surface area (Å²) in [5.74, 6) is 0. The highest BCUT2D eigenvalue weighted by Crippen LogP contribution is 1.42. The van der Waals surface area contributed by atoms with Crippen molar-refractivity contribution in [2.45, 2.75) is 512 Å². The lowest BCUT2D eigenvalue weighted by Gasteiger charge is -1.00. The fraction of sp³-hybridized carbons (Fsp3) is 1.00. The van der Waals surface area contributed by atoms with Crippen LogP contribution in [-0.2, 0) is 0 Å². The van der Waals surface area contributed by atoms with E-state index >= 15 is 0 Å². The highest BCUT2D eigenvalue weighted by molar-refractivity contribution is 2.58. The second kappa shape index (κ2) is 282000. The quantitative estimate of drug-likeness (QED) is 0.100. The van der Waals surface area contributed by atoms with Gasteiger partial charge in [0, 0.05) is 18.3 Å². The zero-order valence-electron chi connectivity index (χ0n) is 101. The molecule has 0 aliphatic rings. The molecule has 68 heteroatoms. The molecule has 0 fully saturated rings. The third-order valence-electron chi connectivity index (χ3n) is 0. The predicted molar refractivity (Wildman–Crippen MR) is 788 cm³/mol. The monoisotopic (exact) mass is 2340 g/mol. The van der Waals surface area contributed by atoms with E-state index in [1.54, 1.807) is 0 Å². The second-order valence-electron chi connectivity index (χ2n) is 0. The molecule has 0 saturated heterocycles. The van der Waals surface area contributed by atoms with Crippen molar-refractivity contribution in [1.82, 2.24) is 387 Å². The first kappa shape index (κ1) is 616. The molecular weight excluding hydrogens is 1810 g/mol. The van der Waals surface area contributed by atoms with E-state index in [9.17, 15) is 0 Å². The van der Waals surface area contributed by atoms with E-state index in [0.29, 0.717) is 0 Å². The minimum atomic E-state index is 0. The molecular formula is C69H466F5N63. The second-order valence-corrected chi connectivity index (χ2v) is 0. The Morgan fingerprint density at radius 3 is 0.0511 bits per heavy atom. The molecule has 0 atom stereocenters. The molecule has 0 spiro atoms. The maximum Gasteiger partial charge on any atom is 0.115 e. The van der Waals surface area contributed by atoms with Crippen molar-refractivity contribution < 1.29 is 112 Å². The average Bonchev–Trinajstić information content (AvgIpc) is 4.06. The molecule has 0 radical (unpaired) electrons. The summed E-state index contributed by atoms with van der Waals surface area (Å²) in [6, 6.07) is 0. The van der Waals surface area contributed by atoms with Crippen molar-refractivity contribution in [2.75, 3.05) is 0 Å². The molecule has 137 heavy (non-hydrogen) atoms. The van der Waals surface area contributed by atoms with Crippen LogP contribution in [0.25, 0.3) is 0 Å². The molecule has 0 aromatic rings. The zero-order valence-corrected chi connectivity index (χ0v) is 38.3. The lowest BCUT2D eigenvalue weighted by Crippen LogP contribution is -0.580. The maximum atomic E-state index is 8.00. The van der Waals surface area contributed by atoms with Gasteiger partial charge in [0.2, 0.25) is 0 Å². The van der Waals surface area contributed by atoms with Gasteiger partial charge < -0.3 is 387 Å². The Morgan fingerprint density at radius 1 is 0.0511 bits per heavy atom. The van der Waals surface area contributed by atoms with E-state index in [1.165, 1.54) is 0 Å². The Bertz CT molecular complexity index is 343. The molecule has 0 aromatic heterocycles. The zero-order chi connectivity index (χ0) is 130. The Kier molecular flexibility index (Phi) is 1270000. The predicted octanol–water partition coefficient (Wildman–Crippen LogP) is 55.9. The van der Waals surface area contributed by atoms with Crippen molar-refractivity contribution >= 4 is 0 Å². The molecule has 0 amide bonds. The van der Waals surface area contributed by atoms with Crippen molar-refractivity contribution in [2.24, 2.45) is 0 Å². The smallest absolute Gasteiger partial charge is 0.115 e. The maximum absolute atomic E-state index is 8.00. The van der Waals surface area contributed by atoms with Gasteiger partial charge in [0.1, 0.15) is 88.9 Å². The van der Waals surface area contributed by atoms with Crippen LogP contribution in [0.4, 0.5) is 23.0 Å². The Labute approximate surface area is 1010 Å². The van der Waals surface area contributed by atoms with Crippen LogP contribution >= 0.6 is 0 Å². The Morgan fingerprint density at radius 2 is 0.0511 bits per heavy atom. The third-order valence-corrected chi connectivity index (χ3v) is 0. The van der Waals surface area contributed by atoms with Gasteiger partial charge in [0.05, 0.1) is 0 Å². The van der Waals surface area contributed by atoms with E-state index < -0.39 is 0 Å². The minimum Gasteiger partial charge on any atom is -0.344 e. The summed E-state index contributed by atoms with van der Waals surface area (Å²) in [5, 5.41) is 0. The van der Waals surface area contributed by atoms with Gasteiger partial charge in [0.15, 0.2) is 0 Å². The third kappa shape index (κ3) is 278000. The molecule has 0 heterocycles. The lowest BCUT2D eigenvalue weighted by molar-refractivity contribution is 0.108. The Balaban J connectivity index is -0.00000000160. The van der Waals surface area contributed by atoms with Crippen LogP contribution in [0.2, 0.25) is 88.9 Å². The summed E-state index contributed by atoms with van der Waals surface area (Å²) >= 11 is 0. The van der Waals surface area contributed by atoms with Crippen LogP contribution in [0.3, 0.4) is 0 Å². The van der Waals surface area contributed by atoms with Crippen molar-refractivity contribution in [3.05, 3.63) is 0 Å². The fourth-order valence-electron chi connectivity index (χ4n) is 0. The normalized spacial score (nSPS) is 3.31. The van der Waals surface area contributed by atoms with Gasteiger partial charge in [-0.3, -0.25) is 4.70 Å². The summed E-state index contributed by atoms with van der Waals surface area (Å²) in [5.41, 5.74) is 0. The minimum absolute atomic E-state index is 0. The van der Waals surface area contributed by atoms with Crippen LogP contribution in [0, 0.1) is 0 Å². The van der Waals surface area contributed by atoms with Gasteiger partial charge >= 0.3 is 0 Å². The number of hydrogen-bond donors (Lipinski definition) is 63. The number of halogens is 5. The van der Waals surface area contributed by atoms with Gasteiger partial charge in [0.25, 0.3) is 0 Å². The Hall–Kier alpha value is -2.87. The van der Waals surface area contributed by atoms with Gasteiger partial charge in [-0.15, -0.1) is 0 Å². The highest BCUT2D eigenvalue weighted by Gasteiger charge is 1.00. The van der Waals surface area contributed by atoms with E-state index in [1.807, 2.05) is 0 Å². The van der Waals surface area contributed by atoms with E-state index in [2.05, 4.69) is 387 Å². The first-order chi connectivity index (χ1) is 65.0. The van der Waals surface area contributed by atoms with Gasteiger partial charge in [-0.05, 0) is 0 Å². The molecule has 0 rings (SSSR count). The first-order valence-corrected chi connectivity index (χ1v) is 0.286. The van der Waals surface area contributed by atoms with E-state index in [-0.39, 0.29) is 517 Å².